The van der Waals surface area contributed by atoms with Crippen LogP contribution in [0.5, 0.6) is 0 Å². The number of carbonyl (C=O) groups is 1. The number of aromatic amines is 1. The molecule has 1 heterocycles. The van der Waals surface area contributed by atoms with Gasteiger partial charge in [-0.25, -0.2) is 4.98 Å². The molecule has 1 N–H and O–H groups in total. The minimum Gasteiger partial charge on any atom is -0.335 e. The van der Waals surface area contributed by atoms with Crippen molar-refractivity contribution >= 4 is 16.8 Å². The third-order valence-electron chi connectivity index (χ3n) is 3.98. The molecule has 0 amide bonds. The summed E-state index contributed by atoms with van der Waals surface area (Å²) in [5, 5.41) is 0. The van der Waals surface area contributed by atoms with Crippen LogP contribution in [0.15, 0.2) is 54.6 Å². The van der Waals surface area contributed by atoms with Gasteiger partial charge in [-0.3, -0.25) is 4.79 Å². The van der Waals surface area contributed by atoms with Gasteiger partial charge in [0.05, 0.1) is 11.0 Å². The highest BCUT2D eigenvalue weighted by molar-refractivity contribution is 5.99. The SMILES string of the molecule is O=C(c1nc2ccccc2[nH]1)[C@@H]1C[C@H]1c1ccccc1. The van der Waals surface area contributed by atoms with Gasteiger partial charge in [-0.2, -0.15) is 0 Å². The Balaban J connectivity index is 1.60. The fraction of sp³-hybridized carbons (Fsp3) is 0.176. The van der Waals surface area contributed by atoms with Crippen molar-refractivity contribution in [2.24, 2.45) is 5.92 Å². The van der Waals surface area contributed by atoms with Gasteiger partial charge in [0.25, 0.3) is 0 Å². The first-order chi connectivity index (χ1) is 9.83. The van der Waals surface area contributed by atoms with E-state index in [0.29, 0.717) is 11.7 Å². The molecule has 4 rings (SSSR count). The van der Waals surface area contributed by atoms with Crippen LogP contribution in [0.3, 0.4) is 0 Å². The fourth-order valence-corrected chi connectivity index (χ4v) is 2.80. The van der Waals surface area contributed by atoms with Crippen LogP contribution in [-0.4, -0.2) is 15.8 Å². The van der Waals surface area contributed by atoms with Crippen LogP contribution in [0.1, 0.15) is 28.5 Å². The standard InChI is InChI=1S/C17H14N2O/c20-16(13-10-12(13)11-6-2-1-3-7-11)17-18-14-8-4-5-9-15(14)19-17/h1-9,12-13H,10H2,(H,18,19)/t12-,13+/m0/s1. The highest BCUT2D eigenvalue weighted by Crippen LogP contribution is 2.48. The maximum atomic E-state index is 12.5. The minimum atomic E-state index is 0.0814. The van der Waals surface area contributed by atoms with Crippen molar-refractivity contribution < 1.29 is 4.79 Å². The number of rotatable bonds is 3. The molecular weight excluding hydrogens is 248 g/mol. The average molecular weight is 262 g/mol. The van der Waals surface area contributed by atoms with Gasteiger partial charge < -0.3 is 4.98 Å². The van der Waals surface area contributed by atoms with Crippen LogP contribution in [0.25, 0.3) is 11.0 Å². The first-order valence-electron chi connectivity index (χ1n) is 6.87. The monoisotopic (exact) mass is 262 g/mol. The molecule has 0 spiro atoms. The second-order valence-electron chi connectivity index (χ2n) is 5.33. The number of para-hydroxylation sites is 2. The zero-order chi connectivity index (χ0) is 13.5. The van der Waals surface area contributed by atoms with E-state index in [1.165, 1.54) is 5.56 Å². The molecule has 1 saturated carbocycles. The molecule has 2 aromatic carbocycles. The Bertz CT molecular complexity index is 743. The lowest BCUT2D eigenvalue weighted by Crippen LogP contribution is -2.05. The van der Waals surface area contributed by atoms with Gasteiger partial charge in [0, 0.05) is 5.92 Å². The summed E-state index contributed by atoms with van der Waals surface area (Å²) in [6, 6.07) is 18.0. The molecule has 2 atom stereocenters. The molecule has 3 nitrogen and oxygen atoms in total. The number of fused-ring (bicyclic) bond motifs is 1. The zero-order valence-electron chi connectivity index (χ0n) is 10.9. The number of nitrogens with zero attached hydrogens (tertiary/aromatic N) is 1. The van der Waals surface area contributed by atoms with Gasteiger partial charge in [-0.05, 0) is 30.0 Å². The molecule has 3 aromatic rings. The van der Waals surface area contributed by atoms with Crippen LogP contribution in [0.2, 0.25) is 0 Å². The summed E-state index contributed by atoms with van der Waals surface area (Å²) in [6.45, 7) is 0. The number of carbonyl (C=O) groups excluding carboxylic acids is 1. The Labute approximate surface area is 116 Å². The van der Waals surface area contributed by atoms with E-state index < -0.39 is 0 Å². The van der Waals surface area contributed by atoms with E-state index in [0.717, 1.165) is 17.5 Å². The fourth-order valence-electron chi connectivity index (χ4n) is 2.80. The Kier molecular flexibility index (Phi) is 2.46. The maximum Gasteiger partial charge on any atom is 0.201 e. The third-order valence-corrected chi connectivity index (χ3v) is 3.98. The minimum absolute atomic E-state index is 0.0814. The molecule has 98 valence electrons. The van der Waals surface area contributed by atoms with Crippen molar-refractivity contribution in [3.8, 4) is 0 Å². The summed E-state index contributed by atoms with van der Waals surface area (Å²) in [6.07, 6.45) is 0.930. The summed E-state index contributed by atoms with van der Waals surface area (Å²) in [5.41, 5.74) is 3.03. The predicted octanol–water partition coefficient (Wildman–Crippen LogP) is 3.55. The van der Waals surface area contributed by atoms with Gasteiger partial charge in [0.2, 0.25) is 5.78 Å². The van der Waals surface area contributed by atoms with E-state index >= 15 is 0 Å². The molecule has 1 fully saturated rings. The molecule has 0 saturated heterocycles. The Morgan fingerprint density at radius 3 is 2.60 bits per heavy atom. The van der Waals surface area contributed by atoms with Gasteiger partial charge in [0.1, 0.15) is 0 Å². The Hall–Kier alpha value is -2.42. The van der Waals surface area contributed by atoms with Gasteiger partial charge in [0.15, 0.2) is 5.82 Å². The van der Waals surface area contributed by atoms with Crippen molar-refractivity contribution in [2.75, 3.05) is 0 Å². The summed E-state index contributed by atoms with van der Waals surface area (Å²) < 4.78 is 0. The number of hydrogen-bond acceptors (Lipinski definition) is 2. The second kappa shape index (κ2) is 4.30. The quantitative estimate of drug-likeness (QED) is 0.734. The van der Waals surface area contributed by atoms with Crippen LogP contribution in [0, 0.1) is 5.92 Å². The third kappa shape index (κ3) is 1.83. The number of hydrogen-bond donors (Lipinski definition) is 1. The molecule has 0 bridgehead atoms. The lowest BCUT2D eigenvalue weighted by Gasteiger charge is -1.98. The average Bonchev–Trinajstić information content (AvgIpc) is 3.18. The normalized spacial score (nSPS) is 21.0. The highest BCUT2D eigenvalue weighted by Gasteiger charge is 2.44. The summed E-state index contributed by atoms with van der Waals surface area (Å²) in [4.78, 5) is 20.0. The molecule has 3 heteroatoms. The van der Waals surface area contributed by atoms with Crippen molar-refractivity contribution in [1.82, 2.24) is 9.97 Å². The van der Waals surface area contributed by atoms with Crippen LogP contribution < -0.4 is 0 Å². The van der Waals surface area contributed by atoms with Crippen molar-refractivity contribution in [2.45, 2.75) is 12.3 Å². The van der Waals surface area contributed by atoms with Crippen molar-refractivity contribution in [3.63, 3.8) is 0 Å². The molecule has 1 aromatic heterocycles. The number of ketones is 1. The van der Waals surface area contributed by atoms with E-state index in [1.807, 2.05) is 42.5 Å². The summed E-state index contributed by atoms with van der Waals surface area (Å²) in [5.74, 6) is 1.07. The maximum absolute atomic E-state index is 12.5. The van der Waals surface area contributed by atoms with E-state index in [1.54, 1.807) is 0 Å². The largest absolute Gasteiger partial charge is 0.335 e. The zero-order valence-corrected chi connectivity index (χ0v) is 10.9. The van der Waals surface area contributed by atoms with E-state index in [9.17, 15) is 4.79 Å². The summed E-state index contributed by atoms with van der Waals surface area (Å²) >= 11 is 0. The first kappa shape index (κ1) is 11.4. The number of benzene rings is 2. The molecule has 20 heavy (non-hydrogen) atoms. The smallest absolute Gasteiger partial charge is 0.201 e. The molecule has 1 aliphatic carbocycles. The molecule has 0 radical (unpaired) electrons. The molecular formula is C17H14N2O. The molecule has 1 aliphatic rings. The van der Waals surface area contributed by atoms with Crippen LogP contribution in [0.4, 0.5) is 0 Å². The van der Waals surface area contributed by atoms with Crippen LogP contribution in [-0.2, 0) is 0 Å². The van der Waals surface area contributed by atoms with Gasteiger partial charge in [-0.1, -0.05) is 42.5 Å². The van der Waals surface area contributed by atoms with E-state index in [2.05, 4.69) is 22.1 Å². The lowest BCUT2D eigenvalue weighted by molar-refractivity contribution is 0.0956. The van der Waals surface area contributed by atoms with Crippen molar-refractivity contribution in [3.05, 3.63) is 66.0 Å². The van der Waals surface area contributed by atoms with Crippen LogP contribution >= 0.6 is 0 Å². The number of Topliss-reactive ketones (excluding diaryl/α,β-unsaturated/α-hetero) is 1. The number of aromatic nitrogens is 2. The highest BCUT2D eigenvalue weighted by atomic mass is 16.1. The van der Waals surface area contributed by atoms with Gasteiger partial charge >= 0.3 is 0 Å². The summed E-state index contributed by atoms with van der Waals surface area (Å²) in [7, 11) is 0. The van der Waals surface area contributed by atoms with Crippen molar-refractivity contribution in [1.29, 1.82) is 0 Å². The number of H-pyrrole nitrogens is 1. The predicted molar refractivity (Wildman–Crippen MR) is 77.7 cm³/mol. The first-order valence-corrected chi connectivity index (χ1v) is 6.87. The lowest BCUT2D eigenvalue weighted by atomic mass is 10.1. The Morgan fingerprint density at radius 1 is 1.05 bits per heavy atom. The Morgan fingerprint density at radius 2 is 1.80 bits per heavy atom. The van der Waals surface area contributed by atoms with E-state index in [4.69, 9.17) is 0 Å². The molecule has 0 unspecified atom stereocenters. The number of imidazole rings is 1. The topological polar surface area (TPSA) is 45.8 Å². The number of nitrogens with one attached hydrogen (secondary N) is 1. The molecule has 0 aliphatic heterocycles. The van der Waals surface area contributed by atoms with Gasteiger partial charge in [-0.15, -0.1) is 0 Å². The second-order valence-corrected chi connectivity index (χ2v) is 5.33. The van der Waals surface area contributed by atoms with E-state index in [-0.39, 0.29) is 11.7 Å².